The van der Waals surface area contributed by atoms with Gasteiger partial charge in [0.05, 0.1) is 0 Å². The van der Waals surface area contributed by atoms with E-state index in [4.69, 9.17) is 4.74 Å². The van der Waals surface area contributed by atoms with Gasteiger partial charge in [0, 0.05) is 0 Å². The summed E-state index contributed by atoms with van der Waals surface area (Å²) in [7, 11) is 1.46. The standard InChI is InChI=1S/C22H28O3Se/c1-14(21(24)25-4)16-10-11-22(3)18(12-16)15(2)19(23)13-20(22)26-17-8-6-5-7-9-17/h5-9,14,16,20H,10-13H2,1-4H3/t14?,16-,20+,22-/m1/s1. The third-order valence-corrected chi connectivity index (χ3v) is 9.62. The second-order valence-corrected chi connectivity index (χ2v) is 10.6. The number of Topliss-reactive ketones (excluding diaryl/α,β-unsaturated/α-hetero) is 1. The van der Waals surface area contributed by atoms with Crippen LogP contribution in [0.4, 0.5) is 0 Å². The fraction of sp³-hybridized carbons (Fsp3) is 0.545. The molecule has 0 N–H and O–H groups in total. The van der Waals surface area contributed by atoms with Gasteiger partial charge < -0.3 is 0 Å². The Morgan fingerprint density at radius 3 is 2.62 bits per heavy atom. The molecular weight excluding hydrogens is 391 g/mol. The molecule has 0 aliphatic heterocycles. The van der Waals surface area contributed by atoms with E-state index in [-0.39, 0.29) is 38.2 Å². The predicted octanol–water partition coefficient (Wildman–Crippen LogP) is 3.71. The zero-order valence-corrected chi connectivity index (χ0v) is 17.8. The number of carbonyl (C=O) groups is 2. The molecule has 3 nitrogen and oxygen atoms in total. The van der Waals surface area contributed by atoms with Crippen molar-refractivity contribution < 1.29 is 14.3 Å². The van der Waals surface area contributed by atoms with Gasteiger partial charge in [-0.25, -0.2) is 0 Å². The van der Waals surface area contributed by atoms with Crippen molar-refractivity contribution in [3.05, 3.63) is 41.5 Å². The van der Waals surface area contributed by atoms with Crippen molar-refractivity contribution in [2.45, 2.75) is 51.3 Å². The van der Waals surface area contributed by atoms with Gasteiger partial charge in [0.1, 0.15) is 0 Å². The average Bonchev–Trinajstić information content (AvgIpc) is 2.66. The van der Waals surface area contributed by atoms with Crippen LogP contribution >= 0.6 is 0 Å². The summed E-state index contributed by atoms with van der Waals surface area (Å²) in [5.41, 5.74) is 2.35. The van der Waals surface area contributed by atoms with Gasteiger partial charge in [-0.1, -0.05) is 0 Å². The molecule has 140 valence electrons. The van der Waals surface area contributed by atoms with Gasteiger partial charge in [-0.15, -0.1) is 0 Å². The van der Waals surface area contributed by atoms with Gasteiger partial charge in [-0.2, -0.15) is 0 Å². The van der Waals surface area contributed by atoms with Crippen LogP contribution in [0, 0.1) is 17.3 Å². The van der Waals surface area contributed by atoms with E-state index in [1.807, 2.05) is 19.9 Å². The second-order valence-electron chi connectivity index (χ2n) is 7.88. The Bertz CT molecular complexity index is 724. The Morgan fingerprint density at radius 1 is 1.27 bits per heavy atom. The summed E-state index contributed by atoms with van der Waals surface area (Å²) in [6.45, 7) is 6.31. The third-order valence-electron chi connectivity index (χ3n) is 6.44. The quantitative estimate of drug-likeness (QED) is 0.552. The normalized spacial score (nSPS) is 29.9. The van der Waals surface area contributed by atoms with E-state index in [0.717, 1.165) is 24.8 Å². The van der Waals surface area contributed by atoms with E-state index in [9.17, 15) is 9.59 Å². The first-order valence-electron chi connectivity index (χ1n) is 9.39. The van der Waals surface area contributed by atoms with Gasteiger partial charge >= 0.3 is 163 Å². The molecule has 0 radical (unpaired) electrons. The van der Waals surface area contributed by atoms with Crippen molar-refractivity contribution in [3.63, 3.8) is 0 Å². The summed E-state index contributed by atoms with van der Waals surface area (Å²) < 4.78 is 6.32. The molecule has 4 atom stereocenters. The molecule has 1 aromatic rings. The maximum absolute atomic E-state index is 12.7. The number of hydrogen-bond donors (Lipinski definition) is 0. The first-order chi connectivity index (χ1) is 12.4. The summed E-state index contributed by atoms with van der Waals surface area (Å²) in [4.78, 5) is 25.1. The van der Waals surface area contributed by atoms with E-state index >= 15 is 0 Å². The molecule has 1 unspecified atom stereocenters. The first kappa shape index (κ1) is 19.4. The summed E-state index contributed by atoms with van der Waals surface area (Å²) in [5, 5.41) is 0. The number of hydrogen-bond acceptors (Lipinski definition) is 3. The van der Waals surface area contributed by atoms with E-state index in [2.05, 4.69) is 31.2 Å². The van der Waals surface area contributed by atoms with Crippen LogP contribution in [0.15, 0.2) is 41.5 Å². The first-order valence-corrected chi connectivity index (χ1v) is 11.2. The van der Waals surface area contributed by atoms with E-state index in [1.165, 1.54) is 17.1 Å². The van der Waals surface area contributed by atoms with Crippen molar-refractivity contribution >= 4 is 31.2 Å². The molecule has 26 heavy (non-hydrogen) atoms. The Morgan fingerprint density at radius 2 is 1.96 bits per heavy atom. The van der Waals surface area contributed by atoms with Crippen LogP contribution in [0.3, 0.4) is 0 Å². The van der Waals surface area contributed by atoms with Crippen LogP contribution in [-0.4, -0.2) is 33.8 Å². The molecule has 1 saturated carbocycles. The number of methoxy groups -OCH3 is 1. The molecule has 0 saturated heterocycles. The topological polar surface area (TPSA) is 43.4 Å². The van der Waals surface area contributed by atoms with E-state index in [0.29, 0.717) is 17.0 Å². The van der Waals surface area contributed by atoms with Gasteiger partial charge in [-0.05, 0) is 0 Å². The number of carbonyl (C=O) groups excluding carboxylic acids is 2. The molecular formula is C22H28O3Se. The minimum atomic E-state index is -0.135. The number of ether oxygens (including phenoxy) is 1. The molecule has 1 fully saturated rings. The summed E-state index contributed by atoms with van der Waals surface area (Å²) >= 11 is 0.276. The number of ketones is 1. The molecule has 1 aromatic carbocycles. The zero-order valence-electron chi connectivity index (χ0n) is 16.1. The molecule has 2 aliphatic rings. The SMILES string of the molecule is COC(=O)C(C)[C@@H]1CC[C@]2(C)C(=C(C)C(=O)C[C@@H]2[Se]c2ccccc2)C1. The molecule has 4 heteroatoms. The van der Waals surface area contributed by atoms with Crippen LogP contribution in [0.1, 0.15) is 46.5 Å². The van der Waals surface area contributed by atoms with Gasteiger partial charge in [0.25, 0.3) is 0 Å². The molecule has 0 bridgehead atoms. The second kappa shape index (κ2) is 7.70. The van der Waals surface area contributed by atoms with Crippen LogP contribution in [0.2, 0.25) is 4.82 Å². The van der Waals surface area contributed by atoms with Crippen LogP contribution in [0.5, 0.6) is 0 Å². The number of benzene rings is 1. The summed E-state index contributed by atoms with van der Waals surface area (Å²) in [6, 6.07) is 10.6. The van der Waals surface area contributed by atoms with Crippen molar-refractivity contribution in [1.82, 2.24) is 0 Å². The van der Waals surface area contributed by atoms with Crippen LogP contribution < -0.4 is 4.46 Å². The van der Waals surface area contributed by atoms with Crippen molar-refractivity contribution in [3.8, 4) is 0 Å². The molecule has 2 aliphatic carbocycles. The monoisotopic (exact) mass is 420 g/mol. The number of esters is 1. The Labute approximate surface area is 162 Å². The van der Waals surface area contributed by atoms with Crippen molar-refractivity contribution in [1.29, 1.82) is 0 Å². The van der Waals surface area contributed by atoms with Gasteiger partial charge in [0.2, 0.25) is 0 Å². The summed E-state index contributed by atoms with van der Waals surface area (Å²) in [5.74, 6) is 0.326. The molecule has 3 rings (SSSR count). The number of allylic oxidation sites excluding steroid dienone is 2. The summed E-state index contributed by atoms with van der Waals surface area (Å²) in [6.07, 6.45) is 3.60. The number of fused-ring (bicyclic) bond motifs is 1. The maximum atomic E-state index is 12.7. The number of rotatable bonds is 4. The van der Waals surface area contributed by atoms with E-state index < -0.39 is 0 Å². The Balaban J connectivity index is 1.87. The van der Waals surface area contributed by atoms with Crippen molar-refractivity contribution in [2.24, 2.45) is 17.3 Å². The Hall–Kier alpha value is -1.38. The van der Waals surface area contributed by atoms with Gasteiger partial charge in [-0.3, -0.25) is 0 Å². The molecule has 0 aromatic heterocycles. The van der Waals surface area contributed by atoms with E-state index in [1.54, 1.807) is 0 Å². The van der Waals surface area contributed by atoms with Gasteiger partial charge in [0.15, 0.2) is 0 Å². The minimum absolute atomic E-state index is 0.0835. The fourth-order valence-corrected chi connectivity index (χ4v) is 7.46. The average molecular weight is 419 g/mol. The zero-order chi connectivity index (χ0) is 18.9. The van der Waals surface area contributed by atoms with Crippen molar-refractivity contribution in [2.75, 3.05) is 7.11 Å². The fourth-order valence-electron chi connectivity index (χ4n) is 4.53. The molecule has 0 spiro atoms. The molecule has 0 amide bonds. The third kappa shape index (κ3) is 3.54. The Kier molecular flexibility index (Phi) is 5.74. The predicted molar refractivity (Wildman–Crippen MR) is 105 cm³/mol. The molecule has 0 heterocycles. The van der Waals surface area contributed by atoms with Crippen LogP contribution in [0.25, 0.3) is 0 Å². The van der Waals surface area contributed by atoms with Crippen LogP contribution in [-0.2, 0) is 14.3 Å².